The normalized spacial score (nSPS) is 10.9. The van der Waals surface area contributed by atoms with Crippen molar-refractivity contribution in [1.82, 2.24) is 0 Å². The highest BCUT2D eigenvalue weighted by Crippen LogP contribution is 2.17. The predicted octanol–water partition coefficient (Wildman–Crippen LogP) is 1.15. The molecular formula is C10H13NO4S. The van der Waals surface area contributed by atoms with Crippen molar-refractivity contribution in [3.05, 3.63) is 29.3 Å². The number of rotatable bonds is 3. The molecule has 0 radical (unpaired) electrons. The Hall–Kier alpha value is -1.56. The average Bonchev–Trinajstić information content (AvgIpc) is 2.18. The van der Waals surface area contributed by atoms with Gasteiger partial charge < -0.3 is 4.74 Å². The van der Waals surface area contributed by atoms with E-state index in [1.165, 1.54) is 19.2 Å². The van der Waals surface area contributed by atoms with E-state index in [9.17, 15) is 13.2 Å². The first-order chi connectivity index (χ1) is 7.33. The molecule has 0 aliphatic heterocycles. The number of methoxy groups -OCH3 is 1. The molecule has 0 bridgehead atoms. The van der Waals surface area contributed by atoms with E-state index in [-0.39, 0.29) is 0 Å². The summed E-state index contributed by atoms with van der Waals surface area (Å²) in [5.41, 5.74) is 1.50. The summed E-state index contributed by atoms with van der Waals surface area (Å²) in [4.78, 5) is 11.2. The number of hydrogen-bond acceptors (Lipinski definition) is 4. The number of esters is 1. The summed E-state index contributed by atoms with van der Waals surface area (Å²) < 4.78 is 29.0. The van der Waals surface area contributed by atoms with Crippen molar-refractivity contribution >= 4 is 21.7 Å². The molecule has 1 aromatic rings. The quantitative estimate of drug-likeness (QED) is 0.808. The van der Waals surface area contributed by atoms with Crippen LogP contribution in [0.15, 0.2) is 18.2 Å². The average molecular weight is 243 g/mol. The number of hydrogen-bond donors (Lipinski definition) is 1. The molecule has 0 aromatic heterocycles. The van der Waals surface area contributed by atoms with Gasteiger partial charge in [-0.2, -0.15) is 0 Å². The molecule has 0 aliphatic rings. The third kappa shape index (κ3) is 3.23. The molecule has 1 aromatic carbocycles. The smallest absolute Gasteiger partial charge is 0.337 e. The lowest BCUT2D eigenvalue weighted by molar-refractivity contribution is 0.0600. The maximum atomic E-state index is 11.2. The second-order valence-electron chi connectivity index (χ2n) is 3.40. The summed E-state index contributed by atoms with van der Waals surface area (Å²) in [5.74, 6) is -0.450. The zero-order chi connectivity index (χ0) is 12.3. The van der Waals surface area contributed by atoms with Crippen LogP contribution in [0.3, 0.4) is 0 Å². The molecule has 5 nitrogen and oxygen atoms in total. The fraction of sp³-hybridized carbons (Fsp3) is 0.300. The molecule has 6 heteroatoms. The number of carbonyl (C=O) groups excluding carboxylic acids is 1. The molecule has 1 rings (SSSR count). The predicted molar refractivity (Wildman–Crippen MR) is 61.0 cm³/mol. The van der Waals surface area contributed by atoms with Gasteiger partial charge in [0.1, 0.15) is 0 Å². The molecule has 0 heterocycles. The molecule has 0 unspecified atom stereocenters. The summed E-state index contributed by atoms with van der Waals surface area (Å²) in [6.45, 7) is 1.71. The minimum Gasteiger partial charge on any atom is -0.465 e. The lowest BCUT2D eigenvalue weighted by Crippen LogP contribution is -2.11. The third-order valence-electron chi connectivity index (χ3n) is 1.94. The van der Waals surface area contributed by atoms with Crippen LogP contribution in [0.4, 0.5) is 5.69 Å². The van der Waals surface area contributed by atoms with Crippen LogP contribution in [-0.2, 0) is 14.8 Å². The van der Waals surface area contributed by atoms with Crippen molar-refractivity contribution in [2.45, 2.75) is 6.92 Å². The minimum atomic E-state index is -3.30. The Kier molecular flexibility index (Phi) is 3.54. The Bertz CT molecular complexity index is 508. The van der Waals surface area contributed by atoms with Gasteiger partial charge in [-0.25, -0.2) is 13.2 Å². The van der Waals surface area contributed by atoms with Gasteiger partial charge >= 0.3 is 5.97 Å². The third-order valence-corrected chi connectivity index (χ3v) is 2.53. The first kappa shape index (κ1) is 12.5. The van der Waals surface area contributed by atoms with Gasteiger partial charge in [0.2, 0.25) is 10.0 Å². The van der Waals surface area contributed by atoms with Gasteiger partial charge in [0, 0.05) is 0 Å². The van der Waals surface area contributed by atoms with E-state index in [4.69, 9.17) is 0 Å². The van der Waals surface area contributed by atoms with E-state index in [0.29, 0.717) is 16.8 Å². The van der Waals surface area contributed by atoms with Gasteiger partial charge in [0.15, 0.2) is 0 Å². The molecule has 0 atom stereocenters. The number of anilines is 1. The highest BCUT2D eigenvalue weighted by Gasteiger charge is 2.09. The maximum absolute atomic E-state index is 11.2. The van der Waals surface area contributed by atoms with E-state index < -0.39 is 16.0 Å². The molecule has 0 saturated carbocycles. The highest BCUT2D eigenvalue weighted by molar-refractivity contribution is 7.92. The van der Waals surface area contributed by atoms with Crippen molar-refractivity contribution in [2.24, 2.45) is 0 Å². The van der Waals surface area contributed by atoms with Crippen molar-refractivity contribution in [3.63, 3.8) is 0 Å². The van der Waals surface area contributed by atoms with Gasteiger partial charge in [-0.05, 0) is 30.7 Å². The maximum Gasteiger partial charge on any atom is 0.337 e. The van der Waals surface area contributed by atoms with Crippen LogP contribution in [0.1, 0.15) is 15.9 Å². The minimum absolute atomic E-state index is 0.388. The van der Waals surface area contributed by atoms with Crippen LogP contribution >= 0.6 is 0 Å². The molecule has 0 aliphatic carbocycles. The van der Waals surface area contributed by atoms with Crippen molar-refractivity contribution in [3.8, 4) is 0 Å². The van der Waals surface area contributed by atoms with Gasteiger partial charge in [0.05, 0.1) is 24.6 Å². The lowest BCUT2D eigenvalue weighted by atomic mass is 10.1. The monoisotopic (exact) mass is 243 g/mol. The Balaban J connectivity index is 3.05. The first-order valence-electron chi connectivity index (χ1n) is 4.50. The van der Waals surface area contributed by atoms with Crippen LogP contribution in [0.2, 0.25) is 0 Å². The SMILES string of the molecule is COC(=O)c1ccc(NS(C)(=O)=O)c(C)c1. The summed E-state index contributed by atoms with van der Waals surface area (Å²) >= 11 is 0. The molecule has 1 N–H and O–H groups in total. The summed E-state index contributed by atoms with van der Waals surface area (Å²) in [6.07, 6.45) is 1.07. The highest BCUT2D eigenvalue weighted by atomic mass is 32.2. The molecule has 0 fully saturated rings. The summed E-state index contributed by atoms with van der Waals surface area (Å²) in [5, 5.41) is 0. The molecular weight excluding hydrogens is 230 g/mol. The molecule has 0 saturated heterocycles. The van der Waals surface area contributed by atoms with E-state index in [0.717, 1.165) is 6.26 Å². The second-order valence-corrected chi connectivity index (χ2v) is 5.14. The Morgan fingerprint density at radius 3 is 2.44 bits per heavy atom. The number of aryl methyl sites for hydroxylation is 1. The van der Waals surface area contributed by atoms with Crippen LogP contribution in [-0.4, -0.2) is 27.8 Å². The standard InChI is InChI=1S/C10H13NO4S/c1-7-6-8(10(12)15-2)4-5-9(7)11-16(3,13)14/h4-6,11H,1-3H3. The number of benzene rings is 1. The van der Waals surface area contributed by atoms with Gasteiger partial charge in [-0.1, -0.05) is 0 Å². The van der Waals surface area contributed by atoms with E-state index in [2.05, 4.69) is 9.46 Å². The van der Waals surface area contributed by atoms with Crippen molar-refractivity contribution in [2.75, 3.05) is 18.1 Å². The lowest BCUT2D eigenvalue weighted by Gasteiger charge is -2.08. The number of sulfonamides is 1. The zero-order valence-electron chi connectivity index (χ0n) is 9.27. The van der Waals surface area contributed by atoms with E-state index in [1.54, 1.807) is 13.0 Å². The Morgan fingerprint density at radius 1 is 1.38 bits per heavy atom. The van der Waals surface area contributed by atoms with E-state index >= 15 is 0 Å². The second kappa shape index (κ2) is 4.52. The molecule has 88 valence electrons. The van der Waals surface area contributed by atoms with Gasteiger partial charge in [-0.15, -0.1) is 0 Å². The summed E-state index contributed by atoms with van der Waals surface area (Å²) in [7, 11) is -2.01. The molecule has 0 amide bonds. The summed E-state index contributed by atoms with van der Waals surface area (Å²) in [6, 6.07) is 4.61. The molecule has 16 heavy (non-hydrogen) atoms. The Labute approximate surface area is 94.5 Å². The van der Waals surface area contributed by atoms with Crippen molar-refractivity contribution in [1.29, 1.82) is 0 Å². The number of ether oxygens (including phenoxy) is 1. The topological polar surface area (TPSA) is 72.5 Å². The van der Waals surface area contributed by atoms with Gasteiger partial charge in [0.25, 0.3) is 0 Å². The van der Waals surface area contributed by atoms with E-state index in [1.807, 2.05) is 0 Å². The largest absolute Gasteiger partial charge is 0.465 e. The number of carbonyl (C=O) groups is 1. The van der Waals surface area contributed by atoms with Crippen LogP contribution < -0.4 is 4.72 Å². The van der Waals surface area contributed by atoms with Crippen LogP contribution in [0.5, 0.6) is 0 Å². The van der Waals surface area contributed by atoms with Crippen molar-refractivity contribution < 1.29 is 17.9 Å². The Morgan fingerprint density at radius 2 is 2.00 bits per heavy atom. The first-order valence-corrected chi connectivity index (χ1v) is 6.39. The number of nitrogens with one attached hydrogen (secondary N) is 1. The fourth-order valence-electron chi connectivity index (χ4n) is 1.22. The molecule has 0 spiro atoms. The zero-order valence-corrected chi connectivity index (χ0v) is 10.1. The van der Waals surface area contributed by atoms with Crippen LogP contribution in [0, 0.1) is 6.92 Å². The van der Waals surface area contributed by atoms with Gasteiger partial charge in [-0.3, -0.25) is 4.72 Å². The fourth-order valence-corrected chi connectivity index (χ4v) is 1.85. The van der Waals surface area contributed by atoms with Crippen LogP contribution in [0.25, 0.3) is 0 Å².